The summed E-state index contributed by atoms with van der Waals surface area (Å²) in [5.41, 5.74) is 5.47. The largest absolute Gasteiger partial charge is 0.267 e. The van der Waals surface area contributed by atoms with Gasteiger partial charge in [0.05, 0.1) is 39.6 Å². The Hall–Kier alpha value is -3.19. The van der Waals surface area contributed by atoms with E-state index in [-0.39, 0.29) is 5.82 Å². The number of nitrogens with zero attached hydrogens (tertiary/aromatic N) is 5. The molecule has 1 aliphatic rings. The number of hydrogen-bond acceptors (Lipinski definition) is 5. The number of aliphatic imine (C=N–C) groups is 2. The van der Waals surface area contributed by atoms with Crippen molar-refractivity contribution in [1.29, 1.82) is 0 Å². The fourth-order valence-electron chi connectivity index (χ4n) is 3.22. The molecular weight excluding hydrogens is 361 g/mol. The van der Waals surface area contributed by atoms with Crippen LogP contribution in [-0.2, 0) is 0 Å². The van der Waals surface area contributed by atoms with Crippen LogP contribution in [-0.4, -0.2) is 33.2 Å². The zero-order valence-electron chi connectivity index (χ0n) is 14.4. The quantitative estimate of drug-likeness (QED) is 0.533. The lowest BCUT2D eigenvalue weighted by Gasteiger charge is -2.01. The molecule has 132 valence electrons. The standard InChI is InChI=1S/C20H14FN5S/c1-12-17(16-4-2-3-9-26(16)25-12)20-24-18(13-5-7-14(21)8-6-13)19(27-20)15-10-22-11-23-15/h2-9,11H,10H2,1H3. The summed E-state index contributed by atoms with van der Waals surface area (Å²) in [6.07, 6.45) is 3.50. The van der Waals surface area contributed by atoms with Crippen molar-refractivity contribution in [3.8, 4) is 21.8 Å². The summed E-state index contributed by atoms with van der Waals surface area (Å²) >= 11 is 1.57. The molecule has 5 rings (SSSR count). The van der Waals surface area contributed by atoms with Gasteiger partial charge >= 0.3 is 0 Å². The number of thiazole rings is 1. The van der Waals surface area contributed by atoms with Crippen LogP contribution in [0.1, 0.15) is 10.6 Å². The van der Waals surface area contributed by atoms with Crippen LogP contribution in [0.4, 0.5) is 4.39 Å². The van der Waals surface area contributed by atoms with Crippen molar-refractivity contribution >= 4 is 28.9 Å². The Morgan fingerprint density at radius 2 is 1.96 bits per heavy atom. The summed E-state index contributed by atoms with van der Waals surface area (Å²) in [5.74, 6) is -0.268. The SMILES string of the molecule is Cc1nn2ccccc2c1-c1nc(-c2ccc(F)cc2)c(C2=NC=NC2)s1. The molecule has 0 atom stereocenters. The smallest absolute Gasteiger partial charge is 0.128 e. The first-order chi connectivity index (χ1) is 13.2. The first-order valence-corrected chi connectivity index (χ1v) is 9.29. The average molecular weight is 375 g/mol. The maximum atomic E-state index is 13.4. The highest BCUT2D eigenvalue weighted by atomic mass is 32.1. The van der Waals surface area contributed by atoms with E-state index in [2.05, 4.69) is 15.1 Å². The van der Waals surface area contributed by atoms with Crippen LogP contribution in [0.25, 0.3) is 27.3 Å². The lowest BCUT2D eigenvalue weighted by molar-refractivity contribution is 0.628. The van der Waals surface area contributed by atoms with E-state index in [1.165, 1.54) is 12.1 Å². The van der Waals surface area contributed by atoms with Crippen molar-refractivity contribution in [3.05, 3.63) is 65.0 Å². The minimum absolute atomic E-state index is 0.268. The van der Waals surface area contributed by atoms with Gasteiger partial charge in [0.2, 0.25) is 0 Å². The van der Waals surface area contributed by atoms with Crippen LogP contribution in [0.15, 0.2) is 58.6 Å². The second-order valence-corrected chi connectivity index (χ2v) is 7.23. The van der Waals surface area contributed by atoms with E-state index in [4.69, 9.17) is 4.98 Å². The molecule has 0 radical (unpaired) electrons. The molecule has 7 heteroatoms. The minimum Gasteiger partial charge on any atom is -0.267 e. The maximum Gasteiger partial charge on any atom is 0.128 e. The van der Waals surface area contributed by atoms with Crippen LogP contribution >= 0.6 is 11.3 Å². The van der Waals surface area contributed by atoms with Crippen LogP contribution in [0, 0.1) is 12.7 Å². The highest BCUT2D eigenvalue weighted by Gasteiger charge is 2.22. The highest BCUT2D eigenvalue weighted by molar-refractivity contribution is 7.17. The molecule has 0 aliphatic carbocycles. The van der Waals surface area contributed by atoms with Gasteiger partial charge in [-0.2, -0.15) is 5.10 Å². The Morgan fingerprint density at radius 1 is 1.11 bits per heavy atom. The maximum absolute atomic E-state index is 13.4. The fourth-order valence-corrected chi connectivity index (χ4v) is 4.40. The van der Waals surface area contributed by atoms with E-state index in [0.717, 1.165) is 43.6 Å². The second kappa shape index (κ2) is 6.21. The van der Waals surface area contributed by atoms with Crippen molar-refractivity contribution in [1.82, 2.24) is 14.6 Å². The molecule has 27 heavy (non-hydrogen) atoms. The van der Waals surface area contributed by atoms with Crippen molar-refractivity contribution in [2.45, 2.75) is 6.92 Å². The number of aromatic nitrogens is 3. The number of hydrogen-bond donors (Lipinski definition) is 0. The molecule has 1 aromatic carbocycles. The molecule has 0 amide bonds. The zero-order chi connectivity index (χ0) is 18.4. The summed E-state index contributed by atoms with van der Waals surface area (Å²) in [7, 11) is 0. The van der Waals surface area contributed by atoms with Crippen LogP contribution in [0.5, 0.6) is 0 Å². The van der Waals surface area contributed by atoms with Gasteiger partial charge in [0.25, 0.3) is 0 Å². The molecule has 0 saturated carbocycles. The lowest BCUT2D eigenvalue weighted by atomic mass is 10.1. The third-order valence-electron chi connectivity index (χ3n) is 4.47. The van der Waals surface area contributed by atoms with Gasteiger partial charge < -0.3 is 0 Å². The van der Waals surface area contributed by atoms with E-state index in [0.29, 0.717) is 6.54 Å². The third kappa shape index (κ3) is 2.67. The van der Waals surface area contributed by atoms with Gasteiger partial charge in [-0.25, -0.2) is 18.9 Å². The summed E-state index contributed by atoms with van der Waals surface area (Å²) < 4.78 is 15.2. The number of halogens is 1. The number of rotatable bonds is 3. The predicted octanol–water partition coefficient (Wildman–Crippen LogP) is 4.40. The van der Waals surface area contributed by atoms with Crippen molar-refractivity contribution in [3.63, 3.8) is 0 Å². The number of aryl methyl sites for hydroxylation is 1. The van der Waals surface area contributed by atoms with Gasteiger partial charge in [-0.1, -0.05) is 6.07 Å². The molecule has 4 aromatic rings. The predicted molar refractivity (Wildman–Crippen MR) is 106 cm³/mol. The Labute approximate surface area is 158 Å². The molecule has 0 N–H and O–H groups in total. The van der Waals surface area contributed by atoms with Crippen molar-refractivity contribution < 1.29 is 4.39 Å². The van der Waals surface area contributed by atoms with Gasteiger partial charge in [0.1, 0.15) is 17.2 Å². The van der Waals surface area contributed by atoms with Gasteiger partial charge in [-0.05, 0) is 43.3 Å². The van der Waals surface area contributed by atoms with E-state index in [1.54, 1.807) is 29.8 Å². The van der Waals surface area contributed by atoms with Gasteiger partial charge in [-0.3, -0.25) is 4.99 Å². The first kappa shape index (κ1) is 16.0. The molecule has 0 saturated heterocycles. The minimum atomic E-state index is -0.268. The molecule has 0 bridgehead atoms. The summed E-state index contributed by atoms with van der Waals surface area (Å²) in [4.78, 5) is 14.5. The average Bonchev–Trinajstić information content (AvgIpc) is 3.39. The second-order valence-electron chi connectivity index (χ2n) is 6.23. The number of benzene rings is 1. The number of pyridine rings is 1. The molecule has 0 unspecified atom stereocenters. The van der Waals surface area contributed by atoms with Crippen LogP contribution < -0.4 is 0 Å². The Balaban J connectivity index is 1.73. The van der Waals surface area contributed by atoms with Crippen LogP contribution in [0.3, 0.4) is 0 Å². The van der Waals surface area contributed by atoms with Crippen LogP contribution in [0.2, 0.25) is 0 Å². The fraction of sp³-hybridized carbons (Fsp3) is 0.100. The van der Waals surface area contributed by atoms with E-state index >= 15 is 0 Å². The monoisotopic (exact) mass is 375 g/mol. The summed E-state index contributed by atoms with van der Waals surface area (Å²) in [6, 6.07) is 12.4. The zero-order valence-corrected chi connectivity index (χ0v) is 15.2. The lowest BCUT2D eigenvalue weighted by Crippen LogP contribution is -2.01. The van der Waals surface area contributed by atoms with E-state index in [1.807, 2.05) is 35.8 Å². The molecular formula is C20H14FN5S. The molecule has 5 nitrogen and oxygen atoms in total. The Bertz CT molecular complexity index is 1220. The van der Waals surface area contributed by atoms with E-state index in [9.17, 15) is 4.39 Å². The highest BCUT2D eigenvalue weighted by Crippen LogP contribution is 2.38. The van der Waals surface area contributed by atoms with Gasteiger partial charge in [0.15, 0.2) is 0 Å². The molecule has 0 fully saturated rings. The number of fused-ring (bicyclic) bond motifs is 1. The van der Waals surface area contributed by atoms with Gasteiger partial charge in [-0.15, -0.1) is 11.3 Å². The Kier molecular flexibility index (Phi) is 3.68. The molecule has 4 heterocycles. The van der Waals surface area contributed by atoms with Crippen molar-refractivity contribution in [2.24, 2.45) is 9.98 Å². The summed E-state index contributed by atoms with van der Waals surface area (Å²) in [5, 5.41) is 5.46. The molecule has 3 aromatic heterocycles. The molecule has 1 aliphatic heterocycles. The van der Waals surface area contributed by atoms with Crippen molar-refractivity contribution in [2.75, 3.05) is 6.54 Å². The summed E-state index contributed by atoms with van der Waals surface area (Å²) in [6.45, 7) is 2.51. The normalized spacial score (nSPS) is 13.5. The third-order valence-corrected chi connectivity index (χ3v) is 5.59. The molecule has 0 spiro atoms. The Morgan fingerprint density at radius 3 is 2.74 bits per heavy atom. The van der Waals surface area contributed by atoms with Gasteiger partial charge in [0, 0.05) is 11.8 Å². The topological polar surface area (TPSA) is 54.9 Å². The van der Waals surface area contributed by atoms with E-state index < -0.39 is 0 Å². The first-order valence-electron chi connectivity index (χ1n) is 8.47.